The van der Waals surface area contributed by atoms with Crippen LogP contribution in [-0.2, 0) is 16.1 Å². The number of nitrogens with one attached hydrogen (secondary N) is 1. The highest BCUT2D eigenvalue weighted by molar-refractivity contribution is 7.99. The highest BCUT2D eigenvalue weighted by Gasteiger charge is 2.24. The van der Waals surface area contributed by atoms with Crippen molar-refractivity contribution in [1.29, 1.82) is 0 Å². The first-order valence-electron chi connectivity index (χ1n) is 12.1. The minimum absolute atomic E-state index is 0.118. The van der Waals surface area contributed by atoms with Gasteiger partial charge in [0.1, 0.15) is 10.6 Å². The van der Waals surface area contributed by atoms with Gasteiger partial charge in [-0.1, -0.05) is 47.7 Å². The number of methoxy groups -OCH3 is 1. The lowest BCUT2D eigenvalue weighted by atomic mass is 9.97. The molecule has 2 aromatic heterocycles. The Hall–Kier alpha value is -3.63. The van der Waals surface area contributed by atoms with Crippen molar-refractivity contribution in [1.82, 2.24) is 14.8 Å². The Balaban J connectivity index is 1.53. The maximum Gasteiger partial charge on any atom is 0.341 e. The fraction of sp³-hybridized carbons (Fsp3) is 0.286. The fourth-order valence-corrected chi connectivity index (χ4v) is 5.86. The van der Waals surface area contributed by atoms with Gasteiger partial charge < -0.3 is 19.5 Å². The molecule has 38 heavy (non-hydrogen) atoms. The first-order valence-corrected chi connectivity index (χ1v) is 14.0. The van der Waals surface area contributed by atoms with Gasteiger partial charge in [0.25, 0.3) is 0 Å². The Labute approximate surface area is 231 Å². The van der Waals surface area contributed by atoms with E-state index in [1.807, 2.05) is 86.1 Å². The quantitative estimate of drug-likeness (QED) is 0.206. The molecule has 0 aliphatic carbocycles. The van der Waals surface area contributed by atoms with Gasteiger partial charge in [-0.05, 0) is 44.0 Å². The summed E-state index contributed by atoms with van der Waals surface area (Å²) in [7, 11) is 5.33. The van der Waals surface area contributed by atoms with E-state index in [-0.39, 0.29) is 11.7 Å². The van der Waals surface area contributed by atoms with Crippen LogP contribution in [0.2, 0.25) is 0 Å². The Bertz CT molecular complexity index is 1480. The number of carbonyl (C=O) groups is 2. The van der Waals surface area contributed by atoms with Crippen molar-refractivity contribution < 1.29 is 14.3 Å². The predicted molar refractivity (Wildman–Crippen MR) is 155 cm³/mol. The number of esters is 1. The highest BCUT2D eigenvalue weighted by atomic mass is 32.2. The number of nitrogens with zero attached hydrogens (tertiary/aromatic N) is 4. The number of carbonyl (C=O) groups excluding carboxylic acids is 2. The van der Waals surface area contributed by atoms with Crippen molar-refractivity contribution in [2.24, 2.45) is 0 Å². The zero-order valence-corrected chi connectivity index (χ0v) is 24.0. The molecule has 10 heteroatoms. The van der Waals surface area contributed by atoms with Crippen molar-refractivity contribution >= 4 is 45.7 Å². The summed E-state index contributed by atoms with van der Waals surface area (Å²) in [6.07, 6.45) is 0. The van der Waals surface area contributed by atoms with Crippen LogP contribution in [0.3, 0.4) is 0 Å². The lowest BCUT2D eigenvalue weighted by Crippen LogP contribution is -2.16. The van der Waals surface area contributed by atoms with Gasteiger partial charge >= 0.3 is 5.97 Å². The summed E-state index contributed by atoms with van der Waals surface area (Å²) >= 11 is 2.62. The number of aryl methyl sites for hydroxylation is 2. The molecular weight excluding hydrogens is 518 g/mol. The molecule has 4 rings (SSSR count). The average Bonchev–Trinajstić information content (AvgIpc) is 3.52. The van der Waals surface area contributed by atoms with E-state index >= 15 is 0 Å². The Kier molecular flexibility index (Phi) is 8.53. The molecule has 2 heterocycles. The molecule has 0 saturated carbocycles. The van der Waals surface area contributed by atoms with Crippen LogP contribution in [0, 0.1) is 13.8 Å². The van der Waals surface area contributed by atoms with E-state index in [2.05, 4.69) is 21.6 Å². The van der Waals surface area contributed by atoms with Gasteiger partial charge in [0.05, 0.1) is 12.9 Å². The molecule has 0 radical (unpaired) electrons. The van der Waals surface area contributed by atoms with Crippen LogP contribution < -0.4 is 10.2 Å². The van der Waals surface area contributed by atoms with Crippen LogP contribution in [0.15, 0.2) is 53.0 Å². The molecule has 8 nitrogen and oxygen atoms in total. The second-order valence-electron chi connectivity index (χ2n) is 9.00. The lowest BCUT2D eigenvalue weighted by Gasteiger charge is -2.14. The molecule has 0 spiro atoms. The predicted octanol–water partition coefficient (Wildman–Crippen LogP) is 5.89. The van der Waals surface area contributed by atoms with Crippen LogP contribution in [0.25, 0.3) is 22.5 Å². The third kappa shape index (κ3) is 5.76. The summed E-state index contributed by atoms with van der Waals surface area (Å²) in [5.74, 6) is 0.146. The second kappa shape index (κ2) is 11.8. The molecule has 0 fully saturated rings. The van der Waals surface area contributed by atoms with Gasteiger partial charge in [0.2, 0.25) is 5.91 Å². The smallest absolute Gasteiger partial charge is 0.341 e. The van der Waals surface area contributed by atoms with Crippen molar-refractivity contribution in [3.63, 3.8) is 0 Å². The molecule has 1 amide bonds. The summed E-state index contributed by atoms with van der Waals surface area (Å²) in [5, 5.41) is 14.7. The number of thiophene rings is 1. The Morgan fingerprint density at radius 1 is 1.11 bits per heavy atom. The van der Waals surface area contributed by atoms with Crippen LogP contribution in [-0.4, -0.2) is 53.6 Å². The molecule has 0 atom stereocenters. The van der Waals surface area contributed by atoms with Gasteiger partial charge in [-0.3, -0.25) is 4.79 Å². The number of rotatable bonds is 9. The zero-order valence-electron chi connectivity index (χ0n) is 22.4. The van der Waals surface area contributed by atoms with Crippen molar-refractivity contribution in [3.05, 3.63) is 64.5 Å². The number of thioether (sulfide) groups is 1. The number of amides is 1. The van der Waals surface area contributed by atoms with Gasteiger partial charge in [0, 0.05) is 42.8 Å². The third-order valence-electron chi connectivity index (χ3n) is 6.10. The number of ether oxygens (including phenoxy) is 1. The third-order valence-corrected chi connectivity index (χ3v) is 7.97. The summed E-state index contributed by atoms with van der Waals surface area (Å²) in [4.78, 5) is 27.7. The molecule has 2 aromatic carbocycles. The van der Waals surface area contributed by atoms with Crippen LogP contribution in [0.5, 0.6) is 0 Å². The summed E-state index contributed by atoms with van der Waals surface area (Å²) in [6, 6.07) is 14.2. The summed E-state index contributed by atoms with van der Waals surface area (Å²) in [5.41, 5.74) is 6.21. The zero-order chi connectivity index (χ0) is 27.4. The molecular formula is C28H31N5O3S2. The van der Waals surface area contributed by atoms with E-state index in [4.69, 9.17) is 4.74 Å². The van der Waals surface area contributed by atoms with Crippen LogP contribution in [0.1, 0.15) is 28.4 Å². The maximum atomic E-state index is 13.0. The molecule has 0 unspecified atom stereocenters. The topological polar surface area (TPSA) is 89.3 Å². The molecule has 1 N–H and O–H groups in total. The first-order chi connectivity index (χ1) is 18.2. The fourth-order valence-electron chi connectivity index (χ4n) is 4.09. The van der Waals surface area contributed by atoms with Gasteiger partial charge in [-0.15, -0.1) is 21.5 Å². The first kappa shape index (κ1) is 27.4. The molecule has 0 bridgehead atoms. The number of benzene rings is 2. The minimum atomic E-state index is -0.486. The maximum absolute atomic E-state index is 13.0. The highest BCUT2D eigenvalue weighted by Crippen LogP contribution is 2.38. The van der Waals surface area contributed by atoms with Gasteiger partial charge in [-0.25, -0.2) is 4.79 Å². The Morgan fingerprint density at radius 2 is 1.89 bits per heavy atom. The van der Waals surface area contributed by atoms with Gasteiger partial charge in [-0.2, -0.15) is 0 Å². The monoisotopic (exact) mass is 549 g/mol. The number of hydrogen-bond acceptors (Lipinski definition) is 8. The van der Waals surface area contributed by atoms with Crippen molar-refractivity contribution in [2.45, 2.75) is 32.5 Å². The minimum Gasteiger partial charge on any atom is -0.465 e. The van der Waals surface area contributed by atoms with E-state index in [9.17, 15) is 9.59 Å². The summed E-state index contributed by atoms with van der Waals surface area (Å²) < 4.78 is 7.06. The Morgan fingerprint density at radius 3 is 2.61 bits per heavy atom. The lowest BCUT2D eigenvalue weighted by molar-refractivity contribution is -0.113. The number of hydrogen-bond donors (Lipinski definition) is 1. The van der Waals surface area contributed by atoms with E-state index in [0.29, 0.717) is 22.3 Å². The van der Waals surface area contributed by atoms with E-state index in [0.717, 1.165) is 39.3 Å². The SMILES string of the molecule is CCn1c(SCC(=O)Nc2scc(-c3cc(C)ccc3C)c2C(=O)OC)nnc1-c1cccc(N(C)C)c1. The molecule has 0 aliphatic rings. The van der Waals surface area contributed by atoms with E-state index < -0.39 is 5.97 Å². The van der Waals surface area contributed by atoms with Crippen molar-refractivity contribution in [3.8, 4) is 22.5 Å². The number of aromatic nitrogens is 3. The largest absolute Gasteiger partial charge is 0.465 e. The molecule has 198 valence electrons. The standard InChI is InChI=1S/C28H31N5O3S2/c1-7-33-25(19-9-8-10-20(14-19)32(4)5)30-31-28(33)38-16-23(34)29-26-24(27(35)36-6)22(15-37-26)21-13-17(2)11-12-18(21)3/h8-15H,7,16H2,1-6H3,(H,29,34). The average molecular weight is 550 g/mol. The normalized spacial score (nSPS) is 10.9. The van der Waals surface area contributed by atoms with Gasteiger partial charge in [0.15, 0.2) is 11.0 Å². The molecule has 4 aromatic rings. The molecule has 0 aliphatic heterocycles. The van der Waals surface area contributed by atoms with E-state index in [1.165, 1.54) is 30.2 Å². The van der Waals surface area contributed by atoms with E-state index in [1.54, 1.807) is 0 Å². The van der Waals surface area contributed by atoms with Crippen LogP contribution >= 0.6 is 23.1 Å². The van der Waals surface area contributed by atoms with Crippen molar-refractivity contribution in [2.75, 3.05) is 37.2 Å². The summed E-state index contributed by atoms with van der Waals surface area (Å²) in [6.45, 7) is 6.69. The molecule has 0 saturated heterocycles. The number of anilines is 2. The van der Waals surface area contributed by atoms with Crippen LogP contribution in [0.4, 0.5) is 10.7 Å². The second-order valence-corrected chi connectivity index (χ2v) is 10.8.